The van der Waals surface area contributed by atoms with E-state index in [1.165, 1.54) is 0 Å². The van der Waals surface area contributed by atoms with Gasteiger partial charge in [0.25, 0.3) is 5.91 Å². The summed E-state index contributed by atoms with van der Waals surface area (Å²) in [4.78, 5) is 14.0. The number of ether oxygens (including phenoxy) is 1. The summed E-state index contributed by atoms with van der Waals surface area (Å²) in [6.45, 7) is 8.02. The van der Waals surface area contributed by atoms with Crippen LogP contribution in [0.1, 0.15) is 48.4 Å². The predicted molar refractivity (Wildman–Crippen MR) is 83.5 cm³/mol. The molecule has 2 aliphatic heterocycles. The maximum Gasteiger partial charge on any atom is 0.269 e. The van der Waals surface area contributed by atoms with Crippen molar-refractivity contribution < 1.29 is 9.53 Å². The molecule has 3 heterocycles. The van der Waals surface area contributed by atoms with Crippen LogP contribution in [0.3, 0.4) is 0 Å². The molecule has 6 nitrogen and oxygen atoms in total. The first-order valence-electron chi connectivity index (χ1n) is 8.06. The molecule has 1 fully saturated rings. The first-order chi connectivity index (χ1) is 10.4. The number of hydrogen-bond acceptors (Lipinski definition) is 4. The lowest BCUT2D eigenvalue weighted by molar-refractivity contribution is -0.0773. The van der Waals surface area contributed by atoms with Crippen molar-refractivity contribution in [1.82, 2.24) is 14.7 Å². The number of carbonyl (C=O) groups is 1. The summed E-state index contributed by atoms with van der Waals surface area (Å²) in [6.07, 6.45) is 3.13. The first-order valence-corrected chi connectivity index (χ1v) is 8.06. The highest BCUT2D eigenvalue weighted by Crippen LogP contribution is 2.30. The number of aryl methyl sites for hydroxylation is 1. The molecule has 0 spiro atoms. The monoisotopic (exact) mass is 306 g/mol. The third-order valence-corrected chi connectivity index (χ3v) is 4.87. The molecular weight excluding hydrogens is 280 g/mol. The number of amides is 1. The smallest absolute Gasteiger partial charge is 0.269 e. The van der Waals surface area contributed by atoms with Gasteiger partial charge in [0.1, 0.15) is 0 Å². The Hall–Kier alpha value is -1.40. The van der Waals surface area contributed by atoms with Gasteiger partial charge in [-0.2, -0.15) is 5.10 Å². The highest BCUT2D eigenvalue weighted by atomic mass is 16.5. The zero-order chi connectivity index (χ0) is 15.9. The van der Waals surface area contributed by atoms with Crippen molar-refractivity contribution in [3.8, 4) is 0 Å². The van der Waals surface area contributed by atoms with Crippen LogP contribution in [-0.2, 0) is 24.8 Å². The van der Waals surface area contributed by atoms with Gasteiger partial charge in [-0.1, -0.05) is 0 Å². The van der Waals surface area contributed by atoms with Crippen LogP contribution in [0.2, 0.25) is 0 Å². The maximum atomic E-state index is 11.6. The van der Waals surface area contributed by atoms with Gasteiger partial charge in [-0.3, -0.25) is 14.4 Å². The van der Waals surface area contributed by atoms with Crippen LogP contribution in [0.5, 0.6) is 0 Å². The summed E-state index contributed by atoms with van der Waals surface area (Å²) in [5.41, 5.74) is 8.06. The lowest BCUT2D eigenvalue weighted by Gasteiger charge is -2.38. The molecule has 1 saturated heterocycles. The van der Waals surface area contributed by atoms with Gasteiger partial charge in [-0.15, -0.1) is 0 Å². The Bertz CT molecular complexity index is 579. The zero-order valence-corrected chi connectivity index (χ0v) is 13.8. The van der Waals surface area contributed by atoms with E-state index >= 15 is 0 Å². The van der Waals surface area contributed by atoms with Crippen molar-refractivity contribution in [2.45, 2.75) is 45.3 Å². The largest absolute Gasteiger partial charge is 0.376 e. The number of hydrogen-bond donors (Lipinski definition) is 1. The average molecular weight is 306 g/mol. The fourth-order valence-corrected chi connectivity index (χ4v) is 3.88. The van der Waals surface area contributed by atoms with E-state index in [9.17, 15) is 4.79 Å². The van der Waals surface area contributed by atoms with Crippen molar-refractivity contribution in [1.29, 1.82) is 0 Å². The Labute approximate surface area is 131 Å². The first kappa shape index (κ1) is 15.5. The van der Waals surface area contributed by atoms with Crippen LogP contribution < -0.4 is 5.73 Å². The predicted octanol–water partition coefficient (Wildman–Crippen LogP) is 1.08. The summed E-state index contributed by atoms with van der Waals surface area (Å²) in [6, 6.07) is 0. The number of carbonyl (C=O) groups excluding carboxylic acids is 1. The molecule has 0 aliphatic carbocycles. The molecule has 1 aromatic rings. The Morgan fingerprint density at radius 2 is 2.27 bits per heavy atom. The number of aromatic nitrogens is 2. The highest BCUT2D eigenvalue weighted by Gasteiger charge is 2.32. The van der Waals surface area contributed by atoms with Crippen LogP contribution in [0.25, 0.3) is 0 Å². The highest BCUT2D eigenvalue weighted by molar-refractivity contribution is 5.92. The van der Waals surface area contributed by atoms with Crippen LogP contribution in [-0.4, -0.2) is 45.9 Å². The molecule has 2 N–H and O–H groups in total. The van der Waals surface area contributed by atoms with Gasteiger partial charge >= 0.3 is 0 Å². The fraction of sp³-hybridized carbons (Fsp3) is 0.750. The minimum absolute atomic E-state index is 0.0173. The van der Waals surface area contributed by atoms with Gasteiger partial charge in [-0.05, 0) is 32.6 Å². The molecular formula is C16H26N4O2. The molecule has 1 aromatic heterocycles. The van der Waals surface area contributed by atoms with E-state index in [1.807, 2.05) is 11.7 Å². The number of fused-ring (bicyclic) bond motifs is 1. The van der Waals surface area contributed by atoms with Crippen molar-refractivity contribution in [2.75, 3.05) is 19.7 Å². The molecule has 0 bridgehead atoms. The summed E-state index contributed by atoms with van der Waals surface area (Å²) in [5, 5.41) is 4.29. The van der Waals surface area contributed by atoms with Gasteiger partial charge in [0.2, 0.25) is 0 Å². The summed E-state index contributed by atoms with van der Waals surface area (Å²) < 4.78 is 7.61. The molecule has 0 radical (unpaired) electrons. The molecule has 2 aliphatic rings. The van der Waals surface area contributed by atoms with E-state index in [0.717, 1.165) is 56.8 Å². The Morgan fingerprint density at radius 1 is 1.50 bits per heavy atom. The van der Waals surface area contributed by atoms with Crippen LogP contribution in [0.15, 0.2) is 0 Å². The second kappa shape index (κ2) is 5.66. The normalized spacial score (nSPS) is 25.0. The van der Waals surface area contributed by atoms with Crippen LogP contribution in [0.4, 0.5) is 0 Å². The average Bonchev–Trinajstić information content (AvgIpc) is 2.75. The topological polar surface area (TPSA) is 73.4 Å². The SMILES string of the molecule is Cn1nc(C(N)=O)c2c1CCN(CC1CCOC(C)(C)C1)C2. The number of nitrogens with two attached hydrogens (primary N) is 1. The van der Waals surface area contributed by atoms with Gasteiger partial charge in [0, 0.05) is 51.0 Å². The number of rotatable bonds is 3. The maximum absolute atomic E-state index is 11.6. The van der Waals surface area contributed by atoms with Crippen molar-refractivity contribution in [3.63, 3.8) is 0 Å². The molecule has 3 rings (SSSR count). The third kappa shape index (κ3) is 3.03. The van der Waals surface area contributed by atoms with Crippen molar-refractivity contribution in [2.24, 2.45) is 18.7 Å². The van der Waals surface area contributed by atoms with E-state index in [-0.39, 0.29) is 5.60 Å². The van der Waals surface area contributed by atoms with Crippen molar-refractivity contribution in [3.05, 3.63) is 17.0 Å². The van der Waals surface area contributed by atoms with E-state index in [2.05, 4.69) is 23.8 Å². The molecule has 1 unspecified atom stereocenters. The molecule has 122 valence electrons. The van der Waals surface area contributed by atoms with Crippen molar-refractivity contribution >= 4 is 5.91 Å². The van der Waals surface area contributed by atoms with E-state index in [1.54, 1.807) is 0 Å². The molecule has 1 atom stereocenters. The van der Waals surface area contributed by atoms with E-state index in [4.69, 9.17) is 10.5 Å². The molecule has 6 heteroatoms. The second-order valence-electron chi connectivity index (χ2n) is 7.21. The van der Waals surface area contributed by atoms with E-state index < -0.39 is 5.91 Å². The zero-order valence-electron chi connectivity index (χ0n) is 13.8. The molecule has 0 saturated carbocycles. The second-order valence-corrected chi connectivity index (χ2v) is 7.21. The summed E-state index contributed by atoms with van der Waals surface area (Å²) >= 11 is 0. The number of primary amides is 1. The molecule has 22 heavy (non-hydrogen) atoms. The van der Waals surface area contributed by atoms with Gasteiger partial charge in [0.15, 0.2) is 5.69 Å². The third-order valence-electron chi connectivity index (χ3n) is 4.87. The fourth-order valence-electron chi connectivity index (χ4n) is 3.88. The lowest BCUT2D eigenvalue weighted by atomic mass is 9.87. The standard InChI is InChI=1S/C16H26N4O2/c1-16(2)8-11(5-7-22-16)9-20-6-4-13-12(10-20)14(15(17)21)18-19(13)3/h11H,4-10H2,1-3H3,(H2,17,21). The quantitative estimate of drug-likeness (QED) is 0.907. The summed E-state index contributed by atoms with van der Waals surface area (Å²) in [7, 11) is 1.89. The molecule has 1 amide bonds. The van der Waals surface area contributed by atoms with Crippen LogP contribution >= 0.6 is 0 Å². The minimum Gasteiger partial charge on any atom is -0.376 e. The number of nitrogens with zero attached hydrogens (tertiary/aromatic N) is 3. The van der Waals surface area contributed by atoms with Gasteiger partial charge in [-0.25, -0.2) is 0 Å². The van der Waals surface area contributed by atoms with Gasteiger partial charge in [0.05, 0.1) is 5.60 Å². The van der Waals surface area contributed by atoms with Crippen LogP contribution in [0, 0.1) is 5.92 Å². The van der Waals surface area contributed by atoms with E-state index in [0.29, 0.717) is 11.6 Å². The Balaban J connectivity index is 1.70. The molecule has 0 aromatic carbocycles. The lowest BCUT2D eigenvalue weighted by Crippen LogP contribution is -2.41. The minimum atomic E-state index is -0.425. The summed E-state index contributed by atoms with van der Waals surface area (Å²) in [5.74, 6) is 0.227. The Kier molecular flexibility index (Phi) is 3.99. The Morgan fingerprint density at radius 3 is 2.95 bits per heavy atom. The van der Waals surface area contributed by atoms with Gasteiger partial charge < -0.3 is 10.5 Å².